The average Bonchev–Trinajstić information content (AvgIpc) is 2.88. The summed E-state index contributed by atoms with van der Waals surface area (Å²) < 4.78 is 0. The van der Waals surface area contributed by atoms with E-state index in [1.54, 1.807) is 0 Å². The summed E-state index contributed by atoms with van der Waals surface area (Å²) in [4.78, 5) is 0. The van der Waals surface area contributed by atoms with Crippen LogP contribution in [-0.4, -0.2) is 6.54 Å². The Labute approximate surface area is 83.1 Å². The van der Waals surface area contributed by atoms with E-state index in [-0.39, 0.29) is 0 Å². The second kappa shape index (κ2) is 2.42. The predicted octanol–water partition coefficient (Wildman–Crippen LogP) is 3.19. The van der Waals surface area contributed by atoms with Crippen LogP contribution in [0.2, 0.25) is 5.02 Å². The monoisotopic (exact) mass is 193 g/mol. The molecule has 1 fully saturated rings. The lowest BCUT2D eigenvalue weighted by Gasteiger charge is -2.26. The Morgan fingerprint density at radius 1 is 1.23 bits per heavy atom. The molecule has 2 aliphatic rings. The molecule has 0 bridgehead atoms. The van der Waals surface area contributed by atoms with Crippen LogP contribution in [0.4, 0.5) is 5.69 Å². The van der Waals surface area contributed by atoms with Crippen molar-refractivity contribution in [2.24, 2.45) is 0 Å². The van der Waals surface area contributed by atoms with Gasteiger partial charge in [0.2, 0.25) is 0 Å². The standard InChI is InChI=1S/C11H12ClN/c12-8-1-2-10-9(7-8)11(3-4-11)5-6-13-10/h1-2,7,13H,3-6H2. The fourth-order valence-electron chi connectivity index (χ4n) is 2.35. The van der Waals surface area contributed by atoms with Gasteiger partial charge in [-0.05, 0) is 48.4 Å². The van der Waals surface area contributed by atoms with Crippen LogP contribution in [0, 0.1) is 0 Å². The summed E-state index contributed by atoms with van der Waals surface area (Å²) >= 11 is 6.00. The highest BCUT2D eigenvalue weighted by Gasteiger charge is 2.46. The van der Waals surface area contributed by atoms with Crippen molar-refractivity contribution >= 4 is 17.3 Å². The van der Waals surface area contributed by atoms with Crippen molar-refractivity contribution in [3.8, 4) is 0 Å². The molecule has 1 aromatic carbocycles. The molecule has 2 heteroatoms. The highest BCUT2D eigenvalue weighted by atomic mass is 35.5. The van der Waals surface area contributed by atoms with E-state index in [0.717, 1.165) is 11.6 Å². The SMILES string of the molecule is Clc1ccc2c(c1)C1(CCN2)CC1. The maximum Gasteiger partial charge on any atom is 0.0410 e. The Balaban J connectivity index is 2.16. The summed E-state index contributed by atoms with van der Waals surface area (Å²) in [5.41, 5.74) is 3.25. The summed E-state index contributed by atoms with van der Waals surface area (Å²) in [6.45, 7) is 1.12. The van der Waals surface area contributed by atoms with Gasteiger partial charge in [0.1, 0.15) is 0 Å². The molecule has 0 atom stereocenters. The van der Waals surface area contributed by atoms with Gasteiger partial charge >= 0.3 is 0 Å². The molecular formula is C11H12ClN. The van der Waals surface area contributed by atoms with Crippen LogP contribution in [0.25, 0.3) is 0 Å². The summed E-state index contributed by atoms with van der Waals surface area (Å²) in [5, 5.41) is 4.30. The molecule has 3 rings (SSSR count). The number of rotatable bonds is 0. The zero-order valence-electron chi connectivity index (χ0n) is 7.44. The van der Waals surface area contributed by atoms with Crippen molar-refractivity contribution in [2.75, 3.05) is 11.9 Å². The summed E-state index contributed by atoms with van der Waals surface area (Å²) in [6.07, 6.45) is 3.98. The van der Waals surface area contributed by atoms with Crippen molar-refractivity contribution in [3.63, 3.8) is 0 Å². The van der Waals surface area contributed by atoms with Crippen molar-refractivity contribution in [1.82, 2.24) is 0 Å². The first kappa shape index (κ1) is 7.69. The second-order valence-electron chi connectivity index (χ2n) is 4.15. The Kier molecular flexibility index (Phi) is 1.43. The molecule has 1 aliphatic heterocycles. The van der Waals surface area contributed by atoms with Crippen LogP contribution in [0.1, 0.15) is 24.8 Å². The second-order valence-corrected chi connectivity index (χ2v) is 4.58. The molecule has 1 spiro atoms. The third-order valence-electron chi connectivity index (χ3n) is 3.33. The van der Waals surface area contributed by atoms with Crippen molar-refractivity contribution in [2.45, 2.75) is 24.7 Å². The smallest absolute Gasteiger partial charge is 0.0410 e. The quantitative estimate of drug-likeness (QED) is 0.668. The molecule has 1 N–H and O–H groups in total. The number of nitrogens with one attached hydrogen (secondary N) is 1. The van der Waals surface area contributed by atoms with E-state index in [4.69, 9.17) is 11.6 Å². The summed E-state index contributed by atoms with van der Waals surface area (Å²) in [7, 11) is 0. The van der Waals surface area contributed by atoms with Gasteiger partial charge in [0.15, 0.2) is 0 Å². The molecule has 13 heavy (non-hydrogen) atoms. The molecule has 0 radical (unpaired) electrons. The van der Waals surface area contributed by atoms with E-state index in [0.29, 0.717) is 5.41 Å². The fourth-order valence-corrected chi connectivity index (χ4v) is 2.52. The number of benzene rings is 1. The van der Waals surface area contributed by atoms with Gasteiger partial charge in [0.05, 0.1) is 0 Å². The van der Waals surface area contributed by atoms with Gasteiger partial charge in [-0.1, -0.05) is 11.6 Å². The molecule has 0 saturated heterocycles. The molecule has 0 amide bonds. The van der Waals surface area contributed by atoms with Gasteiger partial charge in [0.25, 0.3) is 0 Å². The van der Waals surface area contributed by atoms with Crippen LogP contribution in [0.15, 0.2) is 18.2 Å². The lowest BCUT2D eigenvalue weighted by atomic mass is 9.88. The van der Waals surface area contributed by atoms with E-state index >= 15 is 0 Å². The topological polar surface area (TPSA) is 12.0 Å². The van der Waals surface area contributed by atoms with Gasteiger partial charge in [-0.3, -0.25) is 0 Å². The Morgan fingerprint density at radius 3 is 2.85 bits per heavy atom. The largest absolute Gasteiger partial charge is 0.385 e. The van der Waals surface area contributed by atoms with Crippen LogP contribution in [0.5, 0.6) is 0 Å². The van der Waals surface area contributed by atoms with Gasteiger partial charge in [-0.15, -0.1) is 0 Å². The Hall–Kier alpha value is -0.690. The number of hydrogen-bond acceptors (Lipinski definition) is 1. The number of hydrogen-bond donors (Lipinski definition) is 1. The molecule has 0 aromatic heterocycles. The molecular weight excluding hydrogens is 182 g/mol. The lowest BCUT2D eigenvalue weighted by molar-refractivity contribution is 0.622. The van der Waals surface area contributed by atoms with Crippen LogP contribution < -0.4 is 5.32 Å². The first-order chi connectivity index (χ1) is 6.30. The van der Waals surface area contributed by atoms with Crippen molar-refractivity contribution in [1.29, 1.82) is 0 Å². The number of fused-ring (bicyclic) bond motifs is 2. The minimum atomic E-state index is 0.505. The van der Waals surface area contributed by atoms with E-state index in [1.165, 1.54) is 30.5 Å². The zero-order chi connectivity index (χ0) is 8.89. The van der Waals surface area contributed by atoms with Crippen LogP contribution in [0.3, 0.4) is 0 Å². The molecule has 1 aliphatic carbocycles. The highest BCUT2D eigenvalue weighted by Crippen LogP contribution is 2.55. The van der Waals surface area contributed by atoms with E-state index < -0.39 is 0 Å². The Morgan fingerprint density at radius 2 is 2.08 bits per heavy atom. The van der Waals surface area contributed by atoms with E-state index in [1.807, 2.05) is 6.07 Å². The van der Waals surface area contributed by atoms with Gasteiger partial charge in [-0.2, -0.15) is 0 Å². The third kappa shape index (κ3) is 1.07. The maximum absolute atomic E-state index is 6.00. The first-order valence-corrected chi connectivity index (χ1v) is 5.22. The van der Waals surface area contributed by atoms with Crippen molar-refractivity contribution < 1.29 is 0 Å². The first-order valence-electron chi connectivity index (χ1n) is 4.84. The maximum atomic E-state index is 6.00. The van der Waals surface area contributed by atoms with Gasteiger partial charge in [-0.25, -0.2) is 0 Å². The van der Waals surface area contributed by atoms with Gasteiger partial charge in [0, 0.05) is 17.3 Å². The van der Waals surface area contributed by atoms with Gasteiger partial charge < -0.3 is 5.32 Å². The number of halogens is 1. The van der Waals surface area contributed by atoms with Crippen LogP contribution >= 0.6 is 11.6 Å². The highest BCUT2D eigenvalue weighted by molar-refractivity contribution is 6.30. The molecule has 0 unspecified atom stereocenters. The van der Waals surface area contributed by atoms with E-state index in [9.17, 15) is 0 Å². The predicted molar refractivity (Wildman–Crippen MR) is 55.5 cm³/mol. The van der Waals surface area contributed by atoms with Crippen LogP contribution in [-0.2, 0) is 5.41 Å². The Bertz CT molecular complexity index is 355. The average molecular weight is 194 g/mol. The lowest BCUT2D eigenvalue weighted by Crippen LogP contribution is -2.21. The third-order valence-corrected chi connectivity index (χ3v) is 3.56. The molecule has 1 heterocycles. The molecule has 1 aromatic rings. The fraction of sp³-hybridized carbons (Fsp3) is 0.455. The summed E-state index contributed by atoms with van der Waals surface area (Å²) in [6, 6.07) is 6.21. The molecule has 1 saturated carbocycles. The molecule has 68 valence electrons. The minimum Gasteiger partial charge on any atom is -0.385 e. The van der Waals surface area contributed by atoms with E-state index in [2.05, 4.69) is 17.4 Å². The van der Waals surface area contributed by atoms with Crippen molar-refractivity contribution in [3.05, 3.63) is 28.8 Å². The molecule has 1 nitrogen and oxygen atoms in total. The normalized spacial score (nSPS) is 22.2. The number of anilines is 1. The minimum absolute atomic E-state index is 0.505. The zero-order valence-corrected chi connectivity index (χ0v) is 8.19. The summed E-state index contributed by atoms with van der Waals surface area (Å²) in [5.74, 6) is 0.